The molecule has 0 aliphatic carbocycles. The first-order chi connectivity index (χ1) is 10.6. The van der Waals surface area contributed by atoms with E-state index < -0.39 is 0 Å². The van der Waals surface area contributed by atoms with E-state index in [1.54, 1.807) is 50.6 Å². The summed E-state index contributed by atoms with van der Waals surface area (Å²) in [6.07, 6.45) is 3.14. The maximum absolute atomic E-state index is 11.9. The fraction of sp³-hybridized carbons (Fsp3) is 0.118. The van der Waals surface area contributed by atoms with Crippen LogP contribution in [0.15, 0.2) is 48.5 Å². The Morgan fingerprint density at radius 1 is 1.09 bits per heavy atom. The SMILES string of the molecule is COc1ccc(NC(=O)C=Cc2cccc(Cl)c2)cc1OC. The first-order valence-electron chi connectivity index (χ1n) is 6.59. The van der Waals surface area contributed by atoms with E-state index in [1.807, 2.05) is 12.1 Å². The van der Waals surface area contributed by atoms with Gasteiger partial charge in [-0.25, -0.2) is 0 Å². The van der Waals surface area contributed by atoms with Crippen molar-refractivity contribution in [2.45, 2.75) is 0 Å². The number of hydrogen-bond acceptors (Lipinski definition) is 3. The normalized spacial score (nSPS) is 10.5. The molecule has 2 rings (SSSR count). The topological polar surface area (TPSA) is 47.6 Å². The van der Waals surface area contributed by atoms with Crippen LogP contribution in [0.4, 0.5) is 5.69 Å². The van der Waals surface area contributed by atoms with Gasteiger partial charge >= 0.3 is 0 Å². The third-order valence-electron chi connectivity index (χ3n) is 2.93. The van der Waals surface area contributed by atoms with Gasteiger partial charge in [0.2, 0.25) is 5.91 Å². The lowest BCUT2D eigenvalue weighted by Gasteiger charge is -2.09. The predicted molar refractivity (Wildman–Crippen MR) is 88.7 cm³/mol. The van der Waals surface area contributed by atoms with E-state index in [1.165, 1.54) is 6.08 Å². The molecule has 1 N–H and O–H groups in total. The molecule has 0 bridgehead atoms. The van der Waals surface area contributed by atoms with Gasteiger partial charge in [-0.3, -0.25) is 4.79 Å². The van der Waals surface area contributed by atoms with Crippen molar-refractivity contribution in [3.05, 3.63) is 59.1 Å². The number of hydrogen-bond donors (Lipinski definition) is 1. The maximum Gasteiger partial charge on any atom is 0.248 e. The van der Waals surface area contributed by atoms with Crippen molar-refractivity contribution >= 4 is 29.3 Å². The van der Waals surface area contributed by atoms with Crippen molar-refractivity contribution in [2.24, 2.45) is 0 Å². The molecule has 22 heavy (non-hydrogen) atoms. The summed E-state index contributed by atoms with van der Waals surface area (Å²) in [6, 6.07) is 12.4. The number of amides is 1. The second kappa shape index (κ2) is 7.52. The van der Waals surface area contributed by atoms with Gasteiger partial charge in [0, 0.05) is 22.9 Å². The Morgan fingerprint density at radius 3 is 2.55 bits per heavy atom. The fourth-order valence-electron chi connectivity index (χ4n) is 1.88. The van der Waals surface area contributed by atoms with E-state index in [-0.39, 0.29) is 5.91 Å². The summed E-state index contributed by atoms with van der Waals surface area (Å²) in [4.78, 5) is 11.9. The lowest BCUT2D eigenvalue weighted by atomic mass is 10.2. The second-order valence-corrected chi connectivity index (χ2v) is 4.88. The lowest BCUT2D eigenvalue weighted by molar-refractivity contribution is -0.111. The molecule has 0 spiro atoms. The number of ether oxygens (including phenoxy) is 2. The molecule has 0 aromatic heterocycles. The summed E-state index contributed by atoms with van der Waals surface area (Å²) in [5.74, 6) is 0.918. The van der Waals surface area contributed by atoms with Gasteiger partial charge in [0.15, 0.2) is 11.5 Å². The van der Waals surface area contributed by atoms with Crippen molar-refractivity contribution in [3.8, 4) is 11.5 Å². The van der Waals surface area contributed by atoms with Crippen LogP contribution >= 0.6 is 11.6 Å². The van der Waals surface area contributed by atoms with Crippen molar-refractivity contribution in [2.75, 3.05) is 19.5 Å². The Morgan fingerprint density at radius 2 is 1.86 bits per heavy atom. The molecule has 5 heteroatoms. The molecule has 114 valence electrons. The molecule has 2 aromatic carbocycles. The van der Waals surface area contributed by atoms with Gasteiger partial charge in [0.05, 0.1) is 14.2 Å². The summed E-state index contributed by atoms with van der Waals surface area (Å²) in [7, 11) is 3.10. The molecular weight excluding hydrogens is 302 g/mol. The molecule has 0 aliphatic heterocycles. The summed E-state index contributed by atoms with van der Waals surface area (Å²) < 4.78 is 10.3. The predicted octanol–water partition coefficient (Wildman–Crippen LogP) is 4.01. The van der Waals surface area contributed by atoms with Crippen LogP contribution in [-0.4, -0.2) is 20.1 Å². The Hall–Kier alpha value is -2.46. The van der Waals surface area contributed by atoms with Crippen LogP contribution in [0.1, 0.15) is 5.56 Å². The minimum Gasteiger partial charge on any atom is -0.493 e. The average molecular weight is 318 g/mol. The van der Waals surface area contributed by atoms with E-state index in [9.17, 15) is 4.79 Å². The first kappa shape index (κ1) is 15.9. The third-order valence-corrected chi connectivity index (χ3v) is 3.16. The molecule has 0 aliphatic rings. The Bertz CT molecular complexity index is 698. The zero-order valence-corrected chi connectivity index (χ0v) is 13.1. The fourth-order valence-corrected chi connectivity index (χ4v) is 2.08. The highest BCUT2D eigenvalue weighted by Gasteiger charge is 2.05. The molecule has 0 unspecified atom stereocenters. The Labute approximate surface area is 134 Å². The molecule has 0 radical (unpaired) electrons. The van der Waals surface area contributed by atoms with Gasteiger partial charge in [0.1, 0.15) is 0 Å². The molecule has 1 amide bonds. The maximum atomic E-state index is 11.9. The number of carbonyl (C=O) groups excluding carboxylic acids is 1. The molecule has 0 atom stereocenters. The van der Waals surface area contributed by atoms with Crippen molar-refractivity contribution in [1.82, 2.24) is 0 Å². The second-order valence-electron chi connectivity index (χ2n) is 4.45. The Kier molecular flexibility index (Phi) is 5.44. The number of halogens is 1. The number of methoxy groups -OCH3 is 2. The van der Waals surface area contributed by atoms with Crippen LogP contribution < -0.4 is 14.8 Å². The van der Waals surface area contributed by atoms with Crippen LogP contribution in [0.2, 0.25) is 5.02 Å². The summed E-state index contributed by atoms with van der Waals surface area (Å²) in [6.45, 7) is 0. The van der Waals surface area contributed by atoms with Crippen LogP contribution in [0, 0.1) is 0 Å². The number of benzene rings is 2. The average Bonchev–Trinajstić information content (AvgIpc) is 2.53. The highest BCUT2D eigenvalue weighted by atomic mass is 35.5. The molecule has 0 fully saturated rings. The van der Waals surface area contributed by atoms with Gasteiger partial charge in [-0.2, -0.15) is 0 Å². The minimum absolute atomic E-state index is 0.243. The molecule has 0 heterocycles. The van der Waals surface area contributed by atoms with E-state index in [4.69, 9.17) is 21.1 Å². The van der Waals surface area contributed by atoms with E-state index in [0.29, 0.717) is 22.2 Å². The standard InChI is InChI=1S/C17H16ClNO3/c1-21-15-8-7-14(11-16(15)22-2)19-17(20)9-6-12-4-3-5-13(18)10-12/h3-11H,1-2H3,(H,19,20). The highest BCUT2D eigenvalue weighted by molar-refractivity contribution is 6.30. The van der Waals surface area contributed by atoms with Gasteiger partial charge in [-0.1, -0.05) is 23.7 Å². The number of anilines is 1. The van der Waals surface area contributed by atoms with Gasteiger partial charge in [-0.05, 0) is 35.9 Å². The van der Waals surface area contributed by atoms with Crippen LogP contribution in [-0.2, 0) is 4.79 Å². The smallest absolute Gasteiger partial charge is 0.248 e. The highest BCUT2D eigenvalue weighted by Crippen LogP contribution is 2.29. The zero-order valence-electron chi connectivity index (χ0n) is 12.3. The summed E-state index contributed by atoms with van der Waals surface area (Å²) in [5.41, 5.74) is 1.48. The summed E-state index contributed by atoms with van der Waals surface area (Å²) >= 11 is 5.89. The van der Waals surface area contributed by atoms with Crippen molar-refractivity contribution < 1.29 is 14.3 Å². The van der Waals surface area contributed by atoms with E-state index in [2.05, 4.69) is 5.32 Å². The molecular formula is C17H16ClNO3. The van der Waals surface area contributed by atoms with E-state index >= 15 is 0 Å². The van der Waals surface area contributed by atoms with Crippen molar-refractivity contribution in [3.63, 3.8) is 0 Å². The third kappa shape index (κ3) is 4.27. The summed E-state index contributed by atoms with van der Waals surface area (Å²) in [5, 5.41) is 3.39. The van der Waals surface area contributed by atoms with Crippen molar-refractivity contribution in [1.29, 1.82) is 0 Å². The molecule has 0 saturated carbocycles. The van der Waals surface area contributed by atoms with Crippen LogP contribution in [0.25, 0.3) is 6.08 Å². The lowest BCUT2D eigenvalue weighted by Crippen LogP contribution is -2.07. The largest absolute Gasteiger partial charge is 0.493 e. The number of rotatable bonds is 5. The minimum atomic E-state index is -0.243. The van der Waals surface area contributed by atoms with Crippen LogP contribution in [0.3, 0.4) is 0 Å². The molecule has 2 aromatic rings. The number of nitrogens with one attached hydrogen (secondary N) is 1. The molecule has 0 saturated heterocycles. The van der Waals surface area contributed by atoms with Gasteiger partial charge in [0.25, 0.3) is 0 Å². The van der Waals surface area contributed by atoms with Crippen LogP contribution in [0.5, 0.6) is 11.5 Å². The number of carbonyl (C=O) groups is 1. The van der Waals surface area contributed by atoms with Gasteiger partial charge in [-0.15, -0.1) is 0 Å². The monoisotopic (exact) mass is 317 g/mol. The first-order valence-corrected chi connectivity index (χ1v) is 6.97. The zero-order chi connectivity index (χ0) is 15.9. The Balaban J connectivity index is 2.06. The van der Waals surface area contributed by atoms with E-state index in [0.717, 1.165) is 5.56 Å². The van der Waals surface area contributed by atoms with Gasteiger partial charge < -0.3 is 14.8 Å². The quantitative estimate of drug-likeness (QED) is 0.848. The molecule has 4 nitrogen and oxygen atoms in total.